The summed E-state index contributed by atoms with van der Waals surface area (Å²) in [7, 11) is 0. The molecule has 0 aliphatic carbocycles. The Kier molecular flexibility index (Phi) is 3.53. The van der Waals surface area contributed by atoms with Gasteiger partial charge in [-0.2, -0.15) is 11.8 Å². The summed E-state index contributed by atoms with van der Waals surface area (Å²) in [6, 6.07) is 10.1. The molecule has 2 aromatic heterocycles. The fourth-order valence-electron chi connectivity index (χ4n) is 2.76. The summed E-state index contributed by atoms with van der Waals surface area (Å²) in [5.41, 5.74) is 3.35. The summed E-state index contributed by atoms with van der Waals surface area (Å²) in [6.07, 6.45) is 3.34. The van der Waals surface area contributed by atoms with E-state index in [2.05, 4.69) is 33.4 Å². The van der Waals surface area contributed by atoms with E-state index in [1.807, 2.05) is 35.4 Å². The van der Waals surface area contributed by atoms with E-state index in [1.165, 1.54) is 0 Å². The van der Waals surface area contributed by atoms with Gasteiger partial charge in [-0.05, 0) is 31.2 Å². The van der Waals surface area contributed by atoms with Crippen molar-refractivity contribution < 1.29 is 5.11 Å². The van der Waals surface area contributed by atoms with Gasteiger partial charge < -0.3 is 9.67 Å². The van der Waals surface area contributed by atoms with Crippen LogP contribution in [0.4, 0.5) is 11.4 Å². The van der Waals surface area contributed by atoms with Gasteiger partial charge in [-0.3, -0.25) is 4.98 Å². The Morgan fingerprint density at radius 1 is 1.26 bits per heavy atom. The van der Waals surface area contributed by atoms with Crippen molar-refractivity contribution in [2.45, 2.75) is 13.0 Å². The third kappa shape index (κ3) is 2.49. The fraction of sp³-hybridized carbons (Fsp3) is 0.235. The summed E-state index contributed by atoms with van der Waals surface area (Å²) in [5.74, 6) is 2.23. The third-order valence-electron chi connectivity index (χ3n) is 4.00. The van der Waals surface area contributed by atoms with Gasteiger partial charge in [0.25, 0.3) is 0 Å². The van der Waals surface area contributed by atoms with Gasteiger partial charge >= 0.3 is 0 Å². The van der Waals surface area contributed by atoms with Crippen LogP contribution in [0, 0.1) is 6.92 Å². The van der Waals surface area contributed by atoms with Crippen molar-refractivity contribution in [3.63, 3.8) is 0 Å². The van der Waals surface area contributed by atoms with Crippen molar-refractivity contribution in [3.05, 3.63) is 48.3 Å². The quantitative estimate of drug-likeness (QED) is 0.707. The number of nitrogens with zero attached hydrogens (tertiary/aromatic N) is 4. The van der Waals surface area contributed by atoms with E-state index in [0.29, 0.717) is 17.4 Å². The molecule has 1 N–H and O–H groups in total. The first-order chi connectivity index (χ1) is 11.2. The first kappa shape index (κ1) is 14.3. The van der Waals surface area contributed by atoms with E-state index in [9.17, 15) is 5.11 Å². The fourth-order valence-corrected chi connectivity index (χ4v) is 3.50. The molecule has 1 saturated heterocycles. The Bertz CT molecular complexity index is 884. The highest BCUT2D eigenvalue weighted by atomic mass is 32.2. The highest BCUT2D eigenvalue weighted by Gasteiger charge is 2.27. The van der Waals surface area contributed by atoms with Crippen LogP contribution in [0.2, 0.25) is 0 Å². The number of rotatable bonds is 3. The number of aromatic nitrogens is 2. The number of benzene rings is 1. The van der Waals surface area contributed by atoms with E-state index in [0.717, 1.165) is 28.0 Å². The zero-order chi connectivity index (χ0) is 15.8. The lowest BCUT2D eigenvalue weighted by Gasteiger charge is -2.27. The van der Waals surface area contributed by atoms with Crippen LogP contribution in [-0.2, 0) is 0 Å². The van der Waals surface area contributed by atoms with E-state index >= 15 is 0 Å². The van der Waals surface area contributed by atoms with Gasteiger partial charge in [0.1, 0.15) is 5.69 Å². The third-order valence-corrected chi connectivity index (χ3v) is 5.24. The maximum Gasteiger partial charge on any atom is 0.221 e. The molecular formula is C17H16N4OS. The van der Waals surface area contributed by atoms with Crippen LogP contribution in [0.1, 0.15) is 11.6 Å². The van der Waals surface area contributed by atoms with Crippen LogP contribution in [0.15, 0.2) is 53.0 Å². The zero-order valence-electron chi connectivity index (χ0n) is 12.7. The minimum absolute atomic E-state index is 0.198. The Labute approximate surface area is 138 Å². The first-order valence-electron chi connectivity index (χ1n) is 7.47. The van der Waals surface area contributed by atoms with Crippen molar-refractivity contribution in [3.8, 4) is 5.88 Å². The topological polar surface area (TPSA) is 62.8 Å². The molecule has 1 aliphatic heterocycles. The molecule has 0 atom stereocenters. The van der Waals surface area contributed by atoms with Gasteiger partial charge in [0.2, 0.25) is 5.88 Å². The molecule has 3 heterocycles. The molecule has 0 radical (unpaired) electrons. The van der Waals surface area contributed by atoms with Crippen molar-refractivity contribution in [1.29, 1.82) is 0 Å². The Morgan fingerprint density at radius 3 is 2.83 bits per heavy atom. The molecule has 0 bridgehead atoms. The number of fused-ring (bicyclic) bond motifs is 1. The van der Waals surface area contributed by atoms with Crippen LogP contribution in [0.5, 0.6) is 5.88 Å². The highest BCUT2D eigenvalue weighted by Crippen LogP contribution is 2.45. The molecule has 3 aromatic rings. The second-order valence-electron chi connectivity index (χ2n) is 5.67. The van der Waals surface area contributed by atoms with Crippen molar-refractivity contribution in [2.24, 2.45) is 10.2 Å². The largest absolute Gasteiger partial charge is 0.493 e. The number of thioether (sulfide) groups is 1. The van der Waals surface area contributed by atoms with Crippen LogP contribution < -0.4 is 0 Å². The van der Waals surface area contributed by atoms with E-state index in [4.69, 9.17) is 0 Å². The van der Waals surface area contributed by atoms with E-state index in [1.54, 1.807) is 12.4 Å². The smallest absolute Gasteiger partial charge is 0.221 e. The minimum atomic E-state index is 0.198. The van der Waals surface area contributed by atoms with Crippen molar-refractivity contribution in [2.75, 3.05) is 11.5 Å². The number of azo groups is 1. The van der Waals surface area contributed by atoms with Crippen LogP contribution in [0.25, 0.3) is 10.9 Å². The molecule has 5 nitrogen and oxygen atoms in total. The SMILES string of the molecule is Cc1ccc2c(c1)c(N=Nc1cccnc1)c(O)n2C1CSC1. The van der Waals surface area contributed by atoms with Gasteiger partial charge in [-0.15, -0.1) is 10.2 Å². The number of aromatic hydroxyl groups is 1. The van der Waals surface area contributed by atoms with Crippen molar-refractivity contribution >= 4 is 34.0 Å². The summed E-state index contributed by atoms with van der Waals surface area (Å²) in [6.45, 7) is 2.04. The maximum absolute atomic E-state index is 10.7. The molecule has 6 heteroatoms. The maximum atomic E-state index is 10.7. The Hall–Kier alpha value is -2.34. The lowest BCUT2D eigenvalue weighted by molar-refractivity contribution is 0.406. The average Bonchev–Trinajstić information content (AvgIpc) is 2.77. The second-order valence-corrected chi connectivity index (χ2v) is 6.74. The van der Waals surface area contributed by atoms with E-state index in [-0.39, 0.29) is 5.88 Å². The van der Waals surface area contributed by atoms with Crippen molar-refractivity contribution in [1.82, 2.24) is 9.55 Å². The number of pyridine rings is 1. The molecule has 0 amide bonds. The van der Waals surface area contributed by atoms with E-state index < -0.39 is 0 Å². The summed E-state index contributed by atoms with van der Waals surface area (Å²) < 4.78 is 1.99. The number of hydrogen-bond acceptors (Lipinski definition) is 5. The predicted octanol–water partition coefficient (Wildman–Crippen LogP) is 4.75. The number of aryl methyl sites for hydroxylation is 1. The second kappa shape index (κ2) is 5.70. The molecule has 0 unspecified atom stereocenters. The molecular weight excluding hydrogens is 308 g/mol. The van der Waals surface area contributed by atoms with Gasteiger partial charge in [0, 0.05) is 23.1 Å². The summed E-state index contributed by atoms with van der Waals surface area (Å²) in [5, 5.41) is 20.2. The first-order valence-corrected chi connectivity index (χ1v) is 8.62. The lowest BCUT2D eigenvalue weighted by Crippen LogP contribution is -2.22. The Balaban J connectivity index is 1.86. The molecule has 1 aliphatic rings. The Morgan fingerprint density at radius 2 is 2.13 bits per heavy atom. The highest BCUT2D eigenvalue weighted by molar-refractivity contribution is 8.00. The van der Waals surface area contributed by atoms with Crippen LogP contribution >= 0.6 is 11.8 Å². The molecule has 116 valence electrons. The average molecular weight is 324 g/mol. The normalized spacial score (nSPS) is 15.3. The molecule has 0 spiro atoms. The summed E-state index contributed by atoms with van der Waals surface area (Å²) >= 11 is 1.89. The molecule has 23 heavy (non-hydrogen) atoms. The minimum Gasteiger partial charge on any atom is -0.493 e. The zero-order valence-corrected chi connectivity index (χ0v) is 13.5. The summed E-state index contributed by atoms with van der Waals surface area (Å²) in [4.78, 5) is 4.03. The predicted molar refractivity (Wildman–Crippen MR) is 93.1 cm³/mol. The van der Waals surface area contributed by atoms with Gasteiger partial charge in [0.05, 0.1) is 17.8 Å². The lowest BCUT2D eigenvalue weighted by atomic mass is 10.1. The molecule has 4 rings (SSSR count). The number of hydrogen-bond donors (Lipinski definition) is 1. The van der Waals surface area contributed by atoms with Gasteiger partial charge in [-0.25, -0.2) is 0 Å². The molecule has 0 saturated carbocycles. The van der Waals surface area contributed by atoms with Crippen LogP contribution in [-0.4, -0.2) is 26.2 Å². The van der Waals surface area contributed by atoms with Gasteiger partial charge in [-0.1, -0.05) is 11.6 Å². The van der Waals surface area contributed by atoms with Gasteiger partial charge in [0.15, 0.2) is 5.69 Å². The van der Waals surface area contributed by atoms with Crippen LogP contribution in [0.3, 0.4) is 0 Å². The molecule has 1 aromatic carbocycles. The standard InChI is InChI=1S/C17H16N4OS/c1-11-4-5-15-14(7-11)16(17(22)21(15)13-9-23-10-13)20-19-12-3-2-6-18-8-12/h2-8,13,22H,9-10H2,1H3. The monoisotopic (exact) mass is 324 g/mol. The molecule has 1 fully saturated rings.